The molecule has 0 saturated carbocycles. The highest BCUT2D eigenvalue weighted by molar-refractivity contribution is 14.1. The van der Waals surface area contributed by atoms with Gasteiger partial charge in [-0.1, -0.05) is 0 Å². The zero-order valence-electron chi connectivity index (χ0n) is 6.10. The molecule has 0 aromatic carbocycles. The first-order valence-electron chi connectivity index (χ1n) is 3.15. The smallest absolute Gasteiger partial charge is 0.281 e. The van der Waals surface area contributed by atoms with E-state index in [0.717, 1.165) is 0 Å². The third-order valence-electron chi connectivity index (χ3n) is 1.36. The van der Waals surface area contributed by atoms with Gasteiger partial charge in [0.15, 0.2) is 6.29 Å². The Bertz CT molecular complexity index is 344. The average molecular weight is 409 g/mol. The van der Waals surface area contributed by atoms with Crippen LogP contribution in [0.1, 0.15) is 22.5 Å². The fourth-order valence-corrected chi connectivity index (χ4v) is 2.60. The number of carbonyl (C=O) groups is 1. The molecular weight excluding hydrogens is 406 g/mol. The summed E-state index contributed by atoms with van der Waals surface area (Å²) in [5.41, 5.74) is -0.0467. The number of halogens is 4. The molecule has 0 amide bonds. The van der Waals surface area contributed by atoms with Crippen LogP contribution in [0, 0.1) is 7.14 Å². The van der Waals surface area contributed by atoms with Gasteiger partial charge in [0.25, 0.3) is 6.43 Å². The number of alkyl halides is 2. The second-order valence-corrected chi connectivity index (χ2v) is 4.38. The summed E-state index contributed by atoms with van der Waals surface area (Å²) in [6, 6.07) is 0. The van der Waals surface area contributed by atoms with Gasteiger partial charge in [0.05, 0.1) is 3.57 Å². The van der Waals surface area contributed by atoms with Crippen LogP contribution in [-0.4, -0.2) is 11.3 Å². The molecule has 0 atom stereocenters. The number of aromatic nitrogens is 1. The lowest BCUT2D eigenvalue weighted by Gasteiger charge is -2.05. The van der Waals surface area contributed by atoms with E-state index in [4.69, 9.17) is 0 Å². The molecule has 0 saturated heterocycles. The standard InChI is InChI=1S/C7H3F2I2NO/c8-7(9)6-5(11)3(2-13)4(10)1-12-6/h1-2,7H. The Kier molecular flexibility index (Phi) is 3.95. The molecule has 1 aromatic heterocycles. The summed E-state index contributed by atoms with van der Waals surface area (Å²) in [6.45, 7) is 0. The molecule has 0 aliphatic carbocycles. The zero-order valence-corrected chi connectivity index (χ0v) is 10.4. The van der Waals surface area contributed by atoms with Gasteiger partial charge in [-0.2, -0.15) is 0 Å². The Morgan fingerprint density at radius 2 is 2.08 bits per heavy atom. The molecule has 1 heterocycles. The van der Waals surface area contributed by atoms with Crippen molar-refractivity contribution >= 4 is 51.5 Å². The number of carbonyl (C=O) groups excluding carboxylic acids is 1. The molecule has 0 spiro atoms. The molecule has 0 fully saturated rings. The summed E-state index contributed by atoms with van der Waals surface area (Å²) in [5.74, 6) is 0. The van der Waals surface area contributed by atoms with Crippen molar-refractivity contribution in [2.24, 2.45) is 0 Å². The van der Waals surface area contributed by atoms with Crippen molar-refractivity contribution < 1.29 is 13.6 Å². The van der Waals surface area contributed by atoms with Gasteiger partial charge in [0.1, 0.15) is 5.69 Å². The van der Waals surface area contributed by atoms with Crippen LogP contribution in [0.2, 0.25) is 0 Å². The van der Waals surface area contributed by atoms with Gasteiger partial charge < -0.3 is 0 Å². The number of hydrogen-bond donors (Lipinski definition) is 0. The third-order valence-corrected chi connectivity index (χ3v) is 3.35. The van der Waals surface area contributed by atoms with E-state index >= 15 is 0 Å². The fraction of sp³-hybridized carbons (Fsp3) is 0.143. The van der Waals surface area contributed by atoms with E-state index in [1.165, 1.54) is 6.20 Å². The molecule has 0 aliphatic rings. The van der Waals surface area contributed by atoms with Crippen molar-refractivity contribution in [1.82, 2.24) is 4.98 Å². The van der Waals surface area contributed by atoms with Gasteiger partial charge in [0, 0.05) is 15.3 Å². The van der Waals surface area contributed by atoms with Gasteiger partial charge in [-0.25, -0.2) is 8.78 Å². The first kappa shape index (κ1) is 11.2. The van der Waals surface area contributed by atoms with Crippen molar-refractivity contribution in [3.63, 3.8) is 0 Å². The summed E-state index contributed by atoms with van der Waals surface area (Å²) in [4.78, 5) is 14.1. The lowest BCUT2D eigenvalue weighted by Crippen LogP contribution is -2.01. The van der Waals surface area contributed by atoms with Gasteiger partial charge in [0.2, 0.25) is 0 Å². The summed E-state index contributed by atoms with van der Waals surface area (Å²) >= 11 is 3.59. The lowest BCUT2D eigenvalue weighted by molar-refractivity contribution is 0.112. The molecule has 0 aliphatic heterocycles. The van der Waals surface area contributed by atoms with Crippen LogP contribution in [0.3, 0.4) is 0 Å². The van der Waals surface area contributed by atoms with Crippen LogP contribution in [0.15, 0.2) is 6.20 Å². The van der Waals surface area contributed by atoms with Crippen molar-refractivity contribution in [2.75, 3.05) is 0 Å². The minimum Gasteiger partial charge on any atom is -0.298 e. The second kappa shape index (κ2) is 4.58. The van der Waals surface area contributed by atoms with Crippen molar-refractivity contribution in [1.29, 1.82) is 0 Å². The van der Waals surface area contributed by atoms with Crippen LogP contribution in [0.25, 0.3) is 0 Å². The van der Waals surface area contributed by atoms with Crippen molar-refractivity contribution in [2.45, 2.75) is 6.43 Å². The van der Waals surface area contributed by atoms with Crippen LogP contribution in [0.4, 0.5) is 8.78 Å². The summed E-state index contributed by atoms with van der Waals surface area (Å²) in [5, 5.41) is 0. The summed E-state index contributed by atoms with van der Waals surface area (Å²) in [6.07, 6.45) is -0.798. The average Bonchev–Trinajstić information content (AvgIpc) is 2.04. The largest absolute Gasteiger partial charge is 0.298 e. The first-order valence-corrected chi connectivity index (χ1v) is 5.31. The maximum absolute atomic E-state index is 12.3. The molecule has 0 unspecified atom stereocenters. The number of nitrogens with zero attached hydrogens (tertiary/aromatic N) is 1. The van der Waals surface area contributed by atoms with Gasteiger partial charge >= 0.3 is 0 Å². The summed E-state index contributed by atoms with van der Waals surface area (Å²) < 4.78 is 25.4. The fourth-order valence-electron chi connectivity index (χ4n) is 0.755. The molecule has 0 bridgehead atoms. The maximum Gasteiger partial charge on any atom is 0.281 e. The van der Waals surface area contributed by atoms with E-state index in [9.17, 15) is 13.6 Å². The molecule has 2 nitrogen and oxygen atoms in total. The molecule has 13 heavy (non-hydrogen) atoms. The van der Waals surface area contributed by atoms with Gasteiger partial charge in [-0.15, -0.1) is 0 Å². The predicted molar refractivity (Wildman–Crippen MR) is 60.0 cm³/mol. The first-order chi connectivity index (χ1) is 6.07. The Labute approximate surface area is 100 Å². The minimum absolute atomic E-state index is 0.231. The maximum atomic E-state index is 12.3. The van der Waals surface area contributed by atoms with E-state index in [0.29, 0.717) is 9.86 Å². The second-order valence-electron chi connectivity index (χ2n) is 2.14. The third kappa shape index (κ3) is 2.33. The lowest BCUT2D eigenvalue weighted by atomic mass is 10.2. The predicted octanol–water partition coefficient (Wildman–Crippen LogP) is 3.04. The number of rotatable bonds is 2. The van der Waals surface area contributed by atoms with E-state index in [1.54, 1.807) is 22.6 Å². The Morgan fingerprint density at radius 1 is 1.46 bits per heavy atom. The van der Waals surface area contributed by atoms with Gasteiger partial charge in [-0.3, -0.25) is 9.78 Å². The van der Waals surface area contributed by atoms with E-state index in [2.05, 4.69) is 4.98 Å². The van der Waals surface area contributed by atoms with Crippen LogP contribution in [0.5, 0.6) is 0 Å². The van der Waals surface area contributed by atoms with Gasteiger partial charge in [-0.05, 0) is 45.2 Å². The van der Waals surface area contributed by atoms with Crippen LogP contribution < -0.4 is 0 Å². The molecule has 0 N–H and O–H groups in total. The molecule has 1 rings (SSSR count). The highest BCUT2D eigenvalue weighted by Gasteiger charge is 2.17. The minimum atomic E-state index is -2.64. The van der Waals surface area contributed by atoms with E-state index < -0.39 is 6.43 Å². The number of aldehydes is 1. The number of hydrogen-bond acceptors (Lipinski definition) is 2. The van der Waals surface area contributed by atoms with E-state index in [-0.39, 0.29) is 14.8 Å². The van der Waals surface area contributed by atoms with E-state index in [1.807, 2.05) is 22.6 Å². The Balaban J connectivity index is 3.35. The quantitative estimate of drug-likeness (QED) is 0.556. The molecule has 6 heteroatoms. The van der Waals surface area contributed by atoms with Crippen molar-refractivity contribution in [3.05, 3.63) is 24.6 Å². The SMILES string of the molecule is O=Cc1c(I)cnc(C(F)F)c1I. The number of pyridine rings is 1. The topological polar surface area (TPSA) is 30.0 Å². The highest BCUT2D eigenvalue weighted by Crippen LogP contribution is 2.26. The molecule has 0 radical (unpaired) electrons. The summed E-state index contributed by atoms with van der Waals surface area (Å²) in [7, 11) is 0. The van der Waals surface area contributed by atoms with Crippen LogP contribution >= 0.6 is 45.2 Å². The molecule has 1 aromatic rings. The zero-order chi connectivity index (χ0) is 10.0. The monoisotopic (exact) mass is 409 g/mol. The molecule has 70 valence electrons. The molecular formula is C7H3F2I2NO. The van der Waals surface area contributed by atoms with Crippen LogP contribution in [-0.2, 0) is 0 Å². The Morgan fingerprint density at radius 3 is 2.54 bits per heavy atom. The highest BCUT2D eigenvalue weighted by atomic mass is 127. The normalized spacial score (nSPS) is 10.5. The Hall–Kier alpha value is 0.140. The van der Waals surface area contributed by atoms with Crippen molar-refractivity contribution in [3.8, 4) is 0 Å².